The van der Waals surface area contributed by atoms with E-state index in [-0.39, 0.29) is 11.3 Å². The molecule has 0 aliphatic rings. The van der Waals surface area contributed by atoms with Gasteiger partial charge in [-0.1, -0.05) is 35.9 Å². The molecule has 0 saturated carbocycles. The van der Waals surface area contributed by atoms with Crippen molar-refractivity contribution in [3.05, 3.63) is 93.0 Å². The average Bonchev–Trinajstić information content (AvgIpc) is 2.74. The summed E-state index contributed by atoms with van der Waals surface area (Å²) in [5.74, 6) is 0.290. The maximum absolute atomic E-state index is 12.6. The summed E-state index contributed by atoms with van der Waals surface area (Å²) >= 11 is 0. The number of anilines is 2. The standard InChI is InChI=1S/C23H23N3O4/c1-15-8-10-19(16(2)12-15)25-23(27)17-9-11-20(21(13-17)26(28)29)24-14-18-6-4-5-7-22(18)30-3/h4-13,24H,14H2,1-3H3,(H,25,27). The van der Waals surface area contributed by atoms with Gasteiger partial charge >= 0.3 is 0 Å². The predicted octanol–water partition coefficient (Wildman–Crippen LogP) is 5.08. The molecule has 7 nitrogen and oxygen atoms in total. The molecule has 0 fully saturated rings. The summed E-state index contributed by atoms with van der Waals surface area (Å²) in [7, 11) is 1.57. The predicted molar refractivity (Wildman–Crippen MR) is 117 cm³/mol. The lowest BCUT2D eigenvalue weighted by molar-refractivity contribution is -0.384. The monoisotopic (exact) mass is 405 g/mol. The number of amides is 1. The van der Waals surface area contributed by atoms with Crippen molar-refractivity contribution in [2.24, 2.45) is 0 Å². The minimum absolute atomic E-state index is 0.168. The molecule has 3 rings (SSSR count). The second-order valence-electron chi connectivity index (χ2n) is 6.93. The summed E-state index contributed by atoms with van der Waals surface area (Å²) in [6, 6.07) is 17.5. The molecular formula is C23H23N3O4. The minimum atomic E-state index is -0.502. The van der Waals surface area contributed by atoms with Crippen molar-refractivity contribution in [1.82, 2.24) is 0 Å². The van der Waals surface area contributed by atoms with Crippen molar-refractivity contribution in [1.29, 1.82) is 0 Å². The van der Waals surface area contributed by atoms with Gasteiger partial charge in [-0.2, -0.15) is 0 Å². The van der Waals surface area contributed by atoms with Crippen LogP contribution in [0.1, 0.15) is 27.0 Å². The zero-order valence-electron chi connectivity index (χ0n) is 17.1. The van der Waals surface area contributed by atoms with E-state index >= 15 is 0 Å². The third-order valence-corrected chi connectivity index (χ3v) is 4.75. The Kier molecular flexibility index (Phi) is 6.32. The van der Waals surface area contributed by atoms with Crippen LogP contribution in [0, 0.1) is 24.0 Å². The van der Waals surface area contributed by atoms with Crippen molar-refractivity contribution in [2.45, 2.75) is 20.4 Å². The summed E-state index contributed by atoms with van der Waals surface area (Å²) < 4.78 is 5.31. The molecule has 0 spiro atoms. The van der Waals surface area contributed by atoms with E-state index in [1.165, 1.54) is 6.07 Å². The van der Waals surface area contributed by atoms with E-state index in [0.717, 1.165) is 16.7 Å². The Bertz CT molecular complexity index is 1100. The number of nitro benzene ring substituents is 1. The topological polar surface area (TPSA) is 93.5 Å². The Morgan fingerprint density at radius 2 is 1.77 bits per heavy atom. The first-order valence-electron chi connectivity index (χ1n) is 9.42. The molecule has 0 unspecified atom stereocenters. The van der Waals surface area contributed by atoms with Crippen LogP contribution < -0.4 is 15.4 Å². The van der Waals surface area contributed by atoms with E-state index in [1.54, 1.807) is 19.2 Å². The number of aryl methyl sites for hydroxylation is 2. The van der Waals surface area contributed by atoms with Crippen molar-refractivity contribution in [2.75, 3.05) is 17.7 Å². The number of carbonyl (C=O) groups excluding carboxylic acids is 1. The molecule has 0 aliphatic heterocycles. The largest absolute Gasteiger partial charge is 0.496 e. The zero-order valence-corrected chi connectivity index (χ0v) is 17.1. The first kappa shape index (κ1) is 20.9. The van der Waals surface area contributed by atoms with E-state index < -0.39 is 10.8 Å². The number of nitrogens with zero attached hydrogens (tertiary/aromatic N) is 1. The van der Waals surface area contributed by atoms with Gasteiger partial charge in [0.15, 0.2) is 0 Å². The van der Waals surface area contributed by atoms with Crippen LogP contribution in [-0.4, -0.2) is 17.9 Å². The van der Waals surface area contributed by atoms with Gasteiger partial charge in [-0.05, 0) is 43.7 Å². The Labute approximate surface area is 174 Å². The Hall–Kier alpha value is -3.87. The van der Waals surface area contributed by atoms with Gasteiger partial charge in [0.25, 0.3) is 11.6 Å². The van der Waals surface area contributed by atoms with Gasteiger partial charge in [-0.3, -0.25) is 14.9 Å². The fraction of sp³-hybridized carbons (Fsp3) is 0.174. The highest BCUT2D eigenvalue weighted by molar-refractivity contribution is 6.05. The molecule has 0 radical (unpaired) electrons. The Morgan fingerprint density at radius 1 is 1.03 bits per heavy atom. The zero-order chi connectivity index (χ0) is 21.7. The summed E-state index contributed by atoms with van der Waals surface area (Å²) in [5, 5.41) is 17.5. The first-order chi connectivity index (χ1) is 14.4. The molecule has 3 aromatic carbocycles. The van der Waals surface area contributed by atoms with Crippen LogP contribution in [0.4, 0.5) is 17.1 Å². The minimum Gasteiger partial charge on any atom is -0.496 e. The van der Waals surface area contributed by atoms with E-state index in [1.807, 2.05) is 56.3 Å². The lowest BCUT2D eigenvalue weighted by atomic mass is 10.1. The van der Waals surface area contributed by atoms with E-state index in [4.69, 9.17) is 4.74 Å². The molecule has 1 amide bonds. The SMILES string of the molecule is COc1ccccc1CNc1ccc(C(=O)Nc2ccc(C)cc2C)cc1[N+](=O)[O-]. The molecule has 0 heterocycles. The number of ether oxygens (including phenoxy) is 1. The fourth-order valence-electron chi connectivity index (χ4n) is 3.16. The van der Waals surface area contributed by atoms with Gasteiger partial charge in [-0.15, -0.1) is 0 Å². The van der Waals surface area contributed by atoms with Gasteiger partial charge < -0.3 is 15.4 Å². The number of rotatable bonds is 7. The van der Waals surface area contributed by atoms with Crippen LogP contribution in [0.2, 0.25) is 0 Å². The third-order valence-electron chi connectivity index (χ3n) is 4.75. The lowest BCUT2D eigenvalue weighted by Crippen LogP contribution is -2.13. The van der Waals surface area contributed by atoms with Gasteiger partial charge in [0.05, 0.1) is 12.0 Å². The van der Waals surface area contributed by atoms with E-state index in [9.17, 15) is 14.9 Å². The number of nitrogens with one attached hydrogen (secondary N) is 2. The molecule has 2 N–H and O–H groups in total. The van der Waals surface area contributed by atoms with Crippen LogP contribution in [0.5, 0.6) is 5.75 Å². The van der Waals surface area contributed by atoms with Crippen LogP contribution >= 0.6 is 0 Å². The maximum atomic E-state index is 12.6. The summed E-state index contributed by atoms with van der Waals surface area (Å²) in [6.07, 6.45) is 0. The summed E-state index contributed by atoms with van der Waals surface area (Å²) in [6.45, 7) is 4.22. The second-order valence-corrected chi connectivity index (χ2v) is 6.93. The third kappa shape index (κ3) is 4.75. The first-order valence-corrected chi connectivity index (χ1v) is 9.42. The summed E-state index contributed by atoms with van der Waals surface area (Å²) in [4.78, 5) is 23.7. The second kappa shape index (κ2) is 9.09. The molecular weight excluding hydrogens is 382 g/mol. The van der Waals surface area contributed by atoms with Crippen LogP contribution in [0.3, 0.4) is 0 Å². The fourth-order valence-corrected chi connectivity index (χ4v) is 3.16. The van der Waals surface area contributed by atoms with Crippen LogP contribution in [0.15, 0.2) is 60.7 Å². The molecule has 30 heavy (non-hydrogen) atoms. The quantitative estimate of drug-likeness (QED) is 0.422. The molecule has 7 heteroatoms. The van der Waals surface area contributed by atoms with Gasteiger partial charge in [-0.25, -0.2) is 0 Å². The van der Waals surface area contributed by atoms with Crippen molar-refractivity contribution in [3.63, 3.8) is 0 Å². The highest BCUT2D eigenvalue weighted by atomic mass is 16.6. The molecule has 0 aliphatic carbocycles. The lowest BCUT2D eigenvalue weighted by Gasteiger charge is -2.12. The number of nitro groups is 1. The average molecular weight is 405 g/mol. The summed E-state index contributed by atoms with van der Waals surface area (Å²) in [5.41, 5.74) is 3.92. The van der Waals surface area contributed by atoms with Gasteiger partial charge in [0, 0.05) is 29.4 Å². The van der Waals surface area contributed by atoms with Crippen molar-refractivity contribution in [3.8, 4) is 5.75 Å². The highest BCUT2D eigenvalue weighted by Crippen LogP contribution is 2.28. The molecule has 0 aromatic heterocycles. The number of para-hydroxylation sites is 1. The van der Waals surface area contributed by atoms with Gasteiger partial charge in [0.1, 0.15) is 11.4 Å². The van der Waals surface area contributed by atoms with E-state index in [2.05, 4.69) is 10.6 Å². The number of benzene rings is 3. The van der Waals surface area contributed by atoms with Crippen molar-refractivity contribution >= 4 is 23.0 Å². The Balaban J connectivity index is 1.80. The molecule has 0 atom stereocenters. The number of hydrogen-bond donors (Lipinski definition) is 2. The number of methoxy groups -OCH3 is 1. The molecule has 3 aromatic rings. The van der Waals surface area contributed by atoms with Crippen LogP contribution in [-0.2, 0) is 6.54 Å². The van der Waals surface area contributed by atoms with Crippen LogP contribution in [0.25, 0.3) is 0 Å². The molecule has 0 saturated heterocycles. The normalized spacial score (nSPS) is 10.4. The highest BCUT2D eigenvalue weighted by Gasteiger charge is 2.18. The molecule has 154 valence electrons. The smallest absolute Gasteiger partial charge is 0.293 e. The number of hydrogen-bond acceptors (Lipinski definition) is 5. The maximum Gasteiger partial charge on any atom is 0.293 e. The van der Waals surface area contributed by atoms with Crippen molar-refractivity contribution < 1.29 is 14.5 Å². The number of carbonyl (C=O) groups is 1. The molecule has 0 bridgehead atoms. The van der Waals surface area contributed by atoms with Gasteiger partial charge in [0.2, 0.25) is 0 Å². The Morgan fingerprint density at radius 3 is 2.47 bits per heavy atom. The van der Waals surface area contributed by atoms with E-state index in [0.29, 0.717) is 23.7 Å².